The van der Waals surface area contributed by atoms with Crippen molar-refractivity contribution in [3.8, 4) is 5.75 Å². The number of para-hydroxylation sites is 2. The molecule has 1 aliphatic heterocycles. The van der Waals surface area contributed by atoms with Crippen LogP contribution >= 0.6 is 11.3 Å². The van der Waals surface area contributed by atoms with Crippen LogP contribution in [0.2, 0.25) is 0 Å². The maximum absolute atomic E-state index is 13.7. The van der Waals surface area contributed by atoms with E-state index in [1.54, 1.807) is 29.2 Å². The summed E-state index contributed by atoms with van der Waals surface area (Å²) in [6.07, 6.45) is 0. The lowest BCUT2D eigenvalue weighted by molar-refractivity contribution is 0.0971. The van der Waals surface area contributed by atoms with Gasteiger partial charge in [-0.15, -0.1) is 0 Å². The molecule has 162 valence electrons. The van der Waals surface area contributed by atoms with Gasteiger partial charge in [0, 0.05) is 0 Å². The fraction of sp³-hybridized carbons (Fsp3) is 0.115. The smallest absolute Gasteiger partial charge is 0.297 e. The van der Waals surface area contributed by atoms with E-state index in [0.29, 0.717) is 28.3 Å². The second-order valence-corrected chi connectivity index (χ2v) is 8.72. The molecular weight excluding hydrogens is 436 g/mol. The van der Waals surface area contributed by atoms with E-state index in [9.17, 15) is 9.59 Å². The SMILES string of the molecule is CCOc1ccc([C@H]2c3c(oc4ccccc4c3=O)C(=O)N2c2nc3ccccc3s2)cc1. The van der Waals surface area contributed by atoms with E-state index in [-0.39, 0.29) is 17.1 Å². The van der Waals surface area contributed by atoms with Crippen molar-refractivity contribution in [3.05, 3.63) is 99.9 Å². The first-order valence-electron chi connectivity index (χ1n) is 10.6. The summed E-state index contributed by atoms with van der Waals surface area (Å²) in [5.41, 5.74) is 2.11. The molecule has 0 unspecified atom stereocenters. The number of benzene rings is 3. The van der Waals surface area contributed by atoms with Gasteiger partial charge in [-0.05, 0) is 48.9 Å². The molecule has 6 rings (SSSR count). The topological polar surface area (TPSA) is 72.6 Å². The molecule has 5 aromatic rings. The van der Waals surface area contributed by atoms with Crippen LogP contribution < -0.4 is 15.1 Å². The predicted molar refractivity (Wildman–Crippen MR) is 128 cm³/mol. The molecule has 33 heavy (non-hydrogen) atoms. The molecule has 1 atom stereocenters. The molecule has 0 fully saturated rings. The van der Waals surface area contributed by atoms with Crippen molar-refractivity contribution in [3.63, 3.8) is 0 Å². The number of fused-ring (bicyclic) bond motifs is 3. The van der Waals surface area contributed by atoms with Gasteiger partial charge in [0.05, 0.1) is 33.8 Å². The van der Waals surface area contributed by atoms with Gasteiger partial charge in [-0.1, -0.05) is 47.7 Å². The molecule has 3 aromatic carbocycles. The van der Waals surface area contributed by atoms with Crippen molar-refractivity contribution in [2.45, 2.75) is 13.0 Å². The van der Waals surface area contributed by atoms with Gasteiger partial charge in [0.25, 0.3) is 5.91 Å². The van der Waals surface area contributed by atoms with Gasteiger partial charge in [-0.2, -0.15) is 0 Å². The zero-order valence-corrected chi connectivity index (χ0v) is 18.5. The quantitative estimate of drug-likeness (QED) is 0.356. The second kappa shape index (κ2) is 7.56. The number of rotatable bonds is 4. The summed E-state index contributed by atoms with van der Waals surface area (Å²) in [5, 5.41) is 0.973. The lowest BCUT2D eigenvalue weighted by Crippen LogP contribution is -2.29. The zero-order valence-electron chi connectivity index (χ0n) is 17.6. The average Bonchev–Trinajstić information content (AvgIpc) is 3.39. The molecule has 1 amide bonds. The van der Waals surface area contributed by atoms with E-state index in [4.69, 9.17) is 14.1 Å². The monoisotopic (exact) mass is 454 g/mol. The number of hydrogen-bond donors (Lipinski definition) is 0. The first-order chi connectivity index (χ1) is 16.2. The fourth-order valence-corrected chi connectivity index (χ4v) is 5.30. The highest BCUT2D eigenvalue weighted by molar-refractivity contribution is 7.22. The lowest BCUT2D eigenvalue weighted by Gasteiger charge is -2.22. The maximum atomic E-state index is 13.7. The maximum Gasteiger partial charge on any atom is 0.297 e. The molecule has 2 aromatic heterocycles. The Balaban J connectivity index is 1.60. The molecule has 7 heteroatoms. The number of carbonyl (C=O) groups is 1. The second-order valence-electron chi connectivity index (χ2n) is 7.71. The van der Waals surface area contributed by atoms with E-state index in [2.05, 4.69) is 0 Å². The Bertz CT molecular complexity index is 1550. The number of ether oxygens (including phenoxy) is 1. The van der Waals surface area contributed by atoms with Gasteiger partial charge in [-0.25, -0.2) is 4.98 Å². The summed E-state index contributed by atoms with van der Waals surface area (Å²) in [7, 11) is 0. The lowest BCUT2D eigenvalue weighted by atomic mass is 9.98. The van der Waals surface area contributed by atoms with Crippen LogP contribution in [0.1, 0.15) is 34.6 Å². The first-order valence-corrected chi connectivity index (χ1v) is 11.4. The average molecular weight is 455 g/mol. The molecule has 3 heterocycles. The number of thiazole rings is 1. The van der Waals surface area contributed by atoms with Crippen LogP contribution in [0.4, 0.5) is 5.13 Å². The molecule has 0 aliphatic carbocycles. The molecule has 0 N–H and O–H groups in total. The minimum Gasteiger partial charge on any atom is -0.494 e. The Kier molecular flexibility index (Phi) is 4.52. The predicted octanol–water partition coefficient (Wildman–Crippen LogP) is 5.55. The highest BCUT2D eigenvalue weighted by Crippen LogP contribution is 2.43. The van der Waals surface area contributed by atoms with E-state index >= 15 is 0 Å². The Morgan fingerprint density at radius 1 is 1.00 bits per heavy atom. The Morgan fingerprint density at radius 2 is 1.76 bits per heavy atom. The molecular formula is C26H18N2O4S. The molecule has 0 radical (unpaired) electrons. The Labute approximate surface area is 192 Å². The van der Waals surface area contributed by atoms with Crippen LogP contribution in [0, 0.1) is 0 Å². The summed E-state index contributed by atoms with van der Waals surface area (Å²) in [6.45, 7) is 2.47. The van der Waals surface area contributed by atoms with Crippen LogP contribution in [0.25, 0.3) is 21.2 Å². The largest absolute Gasteiger partial charge is 0.494 e. The molecule has 0 saturated carbocycles. The standard InChI is InChI=1S/C26H18N2O4S/c1-2-31-16-13-11-15(12-14-16)22-21-23(29)17-7-3-5-9-19(17)32-24(21)25(30)28(22)26-27-18-8-4-6-10-20(18)33-26/h3-14,22H,2H2,1H3/t22-/m0/s1. The zero-order chi connectivity index (χ0) is 22.5. The Hall–Kier alpha value is -3.97. The number of carbonyl (C=O) groups excluding carboxylic acids is 1. The number of amides is 1. The van der Waals surface area contributed by atoms with Gasteiger partial charge in [0.15, 0.2) is 10.6 Å². The van der Waals surface area contributed by atoms with Crippen molar-refractivity contribution in [2.75, 3.05) is 11.5 Å². The van der Waals surface area contributed by atoms with Crippen molar-refractivity contribution in [2.24, 2.45) is 0 Å². The first kappa shape index (κ1) is 19.7. The molecule has 6 nitrogen and oxygen atoms in total. The minimum atomic E-state index is -0.649. The van der Waals surface area contributed by atoms with Crippen LogP contribution in [-0.2, 0) is 0 Å². The van der Waals surface area contributed by atoms with Crippen molar-refractivity contribution in [1.82, 2.24) is 4.98 Å². The van der Waals surface area contributed by atoms with Crippen LogP contribution in [0.5, 0.6) is 5.75 Å². The van der Waals surface area contributed by atoms with Gasteiger partial charge < -0.3 is 9.15 Å². The molecule has 0 spiro atoms. The third kappa shape index (κ3) is 3.04. The van der Waals surface area contributed by atoms with Crippen molar-refractivity contribution < 1.29 is 13.9 Å². The van der Waals surface area contributed by atoms with E-state index < -0.39 is 6.04 Å². The number of hydrogen-bond acceptors (Lipinski definition) is 6. The van der Waals surface area contributed by atoms with Crippen molar-refractivity contribution in [1.29, 1.82) is 0 Å². The molecule has 0 saturated heterocycles. The highest BCUT2D eigenvalue weighted by atomic mass is 32.1. The van der Waals surface area contributed by atoms with Crippen LogP contribution in [0.15, 0.2) is 82.0 Å². The fourth-order valence-electron chi connectivity index (χ4n) is 4.31. The number of aromatic nitrogens is 1. The molecule has 0 bridgehead atoms. The summed E-state index contributed by atoms with van der Waals surface area (Å²) >= 11 is 1.41. The summed E-state index contributed by atoms with van der Waals surface area (Å²) < 4.78 is 12.5. The van der Waals surface area contributed by atoms with Crippen LogP contribution in [0.3, 0.4) is 0 Å². The summed E-state index contributed by atoms with van der Waals surface area (Å²) in [5.74, 6) is 0.422. The van der Waals surface area contributed by atoms with Crippen molar-refractivity contribution >= 4 is 43.6 Å². The van der Waals surface area contributed by atoms with Gasteiger partial charge in [0.1, 0.15) is 11.3 Å². The summed E-state index contributed by atoms with van der Waals surface area (Å²) in [4.78, 5) is 33.5. The van der Waals surface area contributed by atoms with E-state index in [1.165, 1.54) is 11.3 Å². The van der Waals surface area contributed by atoms with Crippen LogP contribution in [-0.4, -0.2) is 17.5 Å². The summed E-state index contributed by atoms with van der Waals surface area (Å²) in [6, 6.07) is 21.5. The normalized spacial score (nSPS) is 15.4. The molecule has 1 aliphatic rings. The minimum absolute atomic E-state index is 0.0665. The number of anilines is 1. The van der Waals surface area contributed by atoms with Gasteiger partial charge in [-0.3, -0.25) is 14.5 Å². The highest BCUT2D eigenvalue weighted by Gasteiger charge is 2.45. The number of nitrogens with zero attached hydrogens (tertiary/aromatic N) is 2. The van der Waals surface area contributed by atoms with Gasteiger partial charge >= 0.3 is 0 Å². The third-order valence-electron chi connectivity index (χ3n) is 5.77. The van der Waals surface area contributed by atoms with E-state index in [1.807, 2.05) is 55.5 Å². The Morgan fingerprint density at radius 3 is 2.55 bits per heavy atom. The van der Waals surface area contributed by atoms with Gasteiger partial charge in [0.2, 0.25) is 5.76 Å². The van der Waals surface area contributed by atoms with E-state index in [0.717, 1.165) is 21.5 Å². The third-order valence-corrected chi connectivity index (χ3v) is 6.81.